The van der Waals surface area contributed by atoms with E-state index in [4.69, 9.17) is 5.11 Å². The van der Waals surface area contributed by atoms with Crippen molar-refractivity contribution in [3.8, 4) is 0 Å². The van der Waals surface area contributed by atoms with Crippen LogP contribution in [0.1, 0.15) is 29.9 Å². The van der Waals surface area contributed by atoms with Gasteiger partial charge in [-0.15, -0.1) is 0 Å². The molecule has 1 aromatic rings. The van der Waals surface area contributed by atoms with Gasteiger partial charge in [0.25, 0.3) is 0 Å². The molecule has 1 aromatic heterocycles. The molecular formula is C12H18N4O3. The summed E-state index contributed by atoms with van der Waals surface area (Å²) in [6.07, 6.45) is 2.53. The van der Waals surface area contributed by atoms with Crippen molar-refractivity contribution in [2.75, 3.05) is 13.6 Å². The summed E-state index contributed by atoms with van der Waals surface area (Å²) in [7, 11) is 1.72. The molecule has 1 heterocycles. The maximum absolute atomic E-state index is 11.8. The number of hydrogen-bond donors (Lipinski definition) is 2. The molecule has 2 N–H and O–H groups in total. The van der Waals surface area contributed by atoms with Gasteiger partial charge >= 0.3 is 5.97 Å². The van der Waals surface area contributed by atoms with Crippen LogP contribution in [0.15, 0.2) is 12.5 Å². The normalized spacial score (nSPS) is 11.9. The van der Waals surface area contributed by atoms with Gasteiger partial charge in [-0.05, 0) is 13.8 Å². The molecule has 104 valence electrons. The van der Waals surface area contributed by atoms with E-state index in [2.05, 4.69) is 15.3 Å². The molecule has 1 unspecified atom stereocenters. The first kappa shape index (κ1) is 15.0. The molecule has 0 fully saturated rings. The average molecular weight is 266 g/mol. The fraction of sp³-hybridized carbons (Fsp3) is 0.500. The Kier molecular flexibility index (Phi) is 5.37. The van der Waals surface area contributed by atoms with E-state index in [0.29, 0.717) is 12.2 Å². The van der Waals surface area contributed by atoms with E-state index in [0.717, 1.165) is 0 Å². The third kappa shape index (κ3) is 3.99. The smallest absolute Gasteiger partial charge is 0.339 e. The largest absolute Gasteiger partial charge is 0.478 e. The SMILES string of the molecule is CCN(C)C(=O)C(C)NCc1ncncc1C(=O)O. The maximum atomic E-state index is 11.8. The molecule has 0 bridgehead atoms. The van der Waals surface area contributed by atoms with E-state index in [1.54, 1.807) is 18.9 Å². The molecule has 0 aliphatic rings. The minimum Gasteiger partial charge on any atom is -0.478 e. The van der Waals surface area contributed by atoms with Gasteiger partial charge in [0, 0.05) is 26.3 Å². The lowest BCUT2D eigenvalue weighted by Gasteiger charge is -2.20. The topological polar surface area (TPSA) is 95.4 Å². The Morgan fingerprint density at radius 3 is 2.79 bits per heavy atom. The highest BCUT2D eigenvalue weighted by atomic mass is 16.4. The van der Waals surface area contributed by atoms with E-state index in [1.807, 2.05) is 6.92 Å². The third-order valence-electron chi connectivity index (χ3n) is 2.82. The van der Waals surface area contributed by atoms with Gasteiger partial charge in [0.15, 0.2) is 0 Å². The highest BCUT2D eigenvalue weighted by molar-refractivity contribution is 5.88. The lowest BCUT2D eigenvalue weighted by Crippen LogP contribution is -2.43. The molecule has 0 aromatic carbocycles. The standard InChI is InChI=1S/C12H18N4O3/c1-4-16(3)11(17)8(2)14-6-10-9(12(18)19)5-13-7-15-10/h5,7-8,14H,4,6H2,1-3H3,(H,18,19). The molecule has 1 atom stereocenters. The molecule has 0 saturated heterocycles. The molecule has 1 amide bonds. The summed E-state index contributed by atoms with van der Waals surface area (Å²) >= 11 is 0. The number of carbonyl (C=O) groups excluding carboxylic acids is 1. The zero-order valence-electron chi connectivity index (χ0n) is 11.3. The molecule has 7 nitrogen and oxygen atoms in total. The van der Waals surface area contributed by atoms with E-state index < -0.39 is 12.0 Å². The zero-order valence-corrected chi connectivity index (χ0v) is 11.3. The van der Waals surface area contributed by atoms with Crippen molar-refractivity contribution in [2.45, 2.75) is 26.4 Å². The second-order valence-corrected chi connectivity index (χ2v) is 4.14. The average Bonchev–Trinajstić information content (AvgIpc) is 2.43. The van der Waals surface area contributed by atoms with Crippen LogP contribution in [0.5, 0.6) is 0 Å². The molecule has 0 radical (unpaired) electrons. The van der Waals surface area contributed by atoms with Crippen LogP contribution in [0.2, 0.25) is 0 Å². The van der Waals surface area contributed by atoms with E-state index in [1.165, 1.54) is 12.5 Å². The van der Waals surface area contributed by atoms with Gasteiger partial charge in [-0.2, -0.15) is 0 Å². The first-order valence-corrected chi connectivity index (χ1v) is 5.97. The second-order valence-electron chi connectivity index (χ2n) is 4.14. The van der Waals surface area contributed by atoms with Crippen LogP contribution in [0.25, 0.3) is 0 Å². The summed E-state index contributed by atoms with van der Waals surface area (Å²) in [6.45, 7) is 4.45. The van der Waals surface area contributed by atoms with E-state index in [9.17, 15) is 9.59 Å². The molecular weight excluding hydrogens is 248 g/mol. The van der Waals surface area contributed by atoms with Gasteiger partial charge < -0.3 is 15.3 Å². The Morgan fingerprint density at radius 2 is 2.21 bits per heavy atom. The Hall–Kier alpha value is -2.02. The van der Waals surface area contributed by atoms with Gasteiger partial charge in [-0.25, -0.2) is 14.8 Å². The molecule has 0 saturated carbocycles. The van der Waals surface area contributed by atoms with Crippen LogP contribution in [0.3, 0.4) is 0 Å². The Bertz CT molecular complexity index is 464. The van der Waals surface area contributed by atoms with Crippen molar-refractivity contribution >= 4 is 11.9 Å². The van der Waals surface area contributed by atoms with Gasteiger partial charge in [-0.1, -0.05) is 0 Å². The summed E-state index contributed by atoms with van der Waals surface area (Å²) < 4.78 is 0. The van der Waals surface area contributed by atoms with E-state index in [-0.39, 0.29) is 18.0 Å². The number of likely N-dealkylation sites (N-methyl/N-ethyl adjacent to an activating group) is 1. The van der Waals surface area contributed by atoms with Gasteiger partial charge in [0.1, 0.15) is 11.9 Å². The van der Waals surface area contributed by atoms with Crippen LogP contribution in [0.4, 0.5) is 0 Å². The number of carboxylic acids is 1. The number of aromatic nitrogens is 2. The minimum atomic E-state index is -1.08. The molecule has 0 spiro atoms. The molecule has 0 aliphatic heterocycles. The fourth-order valence-corrected chi connectivity index (χ4v) is 1.50. The van der Waals surface area contributed by atoms with Crippen molar-refractivity contribution in [1.82, 2.24) is 20.2 Å². The highest BCUT2D eigenvalue weighted by Gasteiger charge is 2.17. The number of aromatic carboxylic acids is 1. The summed E-state index contributed by atoms with van der Waals surface area (Å²) in [5.41, 5.74) is 0.403. The lowest BCUT2D eigenvalue weighted by atomic mass is 10.2. The molecule has 0 aliphatic carbocycles. The predicted molar refractivity (Wildman–Crippen MR) is 68.6 cm³/mol. The van der Waals surface area contributed by atoms with Crippen LogP contribution in [-0.2, 0) is 11.3 Å². The summed E-state index contributed by atoms with van der Waals surface area (Å²) in [6, 6.07) is -0.401. The molecule has 1 rings (SSSR count). The summed E-state index contributed by atoms with van der Waals surface area (Å²) in [5.74, 6) is -1.13. The van der Waals surface area contributed by atoms with Crippen LogP contribution >= 0.6 is 0 Å². The second kappa shape index (κ2) is 6.79. The van der Waals surface area contributed by atoms with Gasteiger partial charge in [-0.3, -0.25) is 4.79 Å². The predicted octanol–water partition coefficient (Wildman–Crippen LogP) is 0.131. The number of hydrogen-bond acceptors (Lipinski definition) is 5. The number of nitrogens with one attached hydrogen (secondary N) is 1. The number of carbonyl (C=O) groups is 2. The van der Waals surface area contributed by atoms with Crippen LogP contribution < -0.4 is 5.32 Å². The fourth-order valence-electron chi connectivity index (χ4n) is 1.50. The number of amides is 1. The Labute approximate surface area is 111 Å². The van der Waals surface area contributed by atoms with Crippen molar-refractivity contribution in [2.24, 2.45) is 0 Å². The molecule has 19 heavy (non-hydrogen) atoms. The summed E-state index contributed by atoms with van der Waals surface area (Å²) in [5, 5.41) is 11.9. The minimum absolute atomic E-state index is 0.0403. The van der Waals surface area contributed by atoms with Crippen molar-refractivity contribution in [3.05, 3.63) is 23.8 Å². The van der Waals surface area contributed by atoms with Gasteiger partial charge in [0.2, 0.25) is 5.91 Å². The monoisotopic (exact) mass is 266 g/mol. The van der Waals surface area contributed by atoms with Crippen LogP contribution in [0, 0.1) is 0 Å². The van der Waals surface area contributed by atoms with Crippen molar-refractivity contribution in [3.63, 3.8) is 0 Å². The number of rotatable bonds is 6. The Morgan fingerprint density at radius 1 is 1.53 bits per heavy atom. The quantitative estimate of drug-likeness (QED) is 0.760. The maximum Gasteiger partial charge on any atom is 0.339 e. The Balaban J connectivity index is 2.67. The first-order valence-electron chi connectivity index (χ1n) is 5.97. The summed E-state index contributed by atoms with van der Waals surface area (Å²) in [4.78, 5) is 32.0. The van der Waals surface area contributed by atoms with Gasteiger partial charge in [0.05, 0.1) is 11.7 Å². The lowest BCUT2D eigenvalue weighted by molar-refractivity contribution is -0.131. The molecule has 7 heteroatoms. The van der Waals surface area contributed by atoms with E-state index >= 15 is 0 Å². The number of carboxylic acid groups (broad SMARTS) is 1. The zero-order chi connectivity index (χ0) is 14.4. The van der Waals surface area contributed by atoms with Crippen molar-refractivity contribution < 1.29 is 14.7 Å². The number of nitrogens with zero attached hydrogens (tertiary/aromatic N) is 3. The first-order chi connectivity index (χ1) is 8.97. The van der Waals surface area contributed by atoms with Crippen LogP contribution in [-0.4, -0.2) is 51.5 Å². The van der Waals surface area contributed by atoms with Crippen molar-refractivity contribution in [1.29, 1.82) is 0 Å². The third-order valence-corrected chi connectivity index (χ3v) is 2.82. The highest BCUT2D eigenvalue weighted by Crippen LogP contribution is 2.04.